The van der Waals surface area contributed by atoms with E-state index in [2.05, 4.69) is 4.90 Å². The van der Waals surface area contributed by atoms with Gasteiger partial charge in [-0.05, 0) is 38.0 Å². The number of carbonyl (C=O) groups excluding carboxylic acids is 1. The molecule has 1 aliphatic heterocycles. The van der Waals surface area contributed by atoms with Gasteiger partial charge in [-0.2, -0.15) is 0 Å². The third kappa shape index (κ3) is 4.47. The number of nitrogens with zero attached hydrogens (tertiary/aromatic N) is 3. The van der Waals surface area contributed by atoms with Gasteiger partial charge in [0, 0.05) is 32.1 Å². The van der Waals surface area contributed by atoms with E-state index in [9.17, 15) is 4.79 Å². The quantitative estimate of drug-likeness (QED) is 0.708. The number of hydrogen-bond acceptors (Lipinski definition) is 6. The zero-order valence-electron chi connectivity index (χ0n) is 16.6. The van der Waals surface area contributed by atoms with Gasteiger partial charge in [-0.1, -0.05) is 24.2 Å². The second-order valence-corrected chi connectivity index (χ2v) is 8.49. The number of rotatable bonds is 7. The number of aromatic nitrogens is 1. The lowest BCUT2D eigenvalue weighted by Crippen LogP contribution is -2.44. The van der Waals surface area contributed by atoms with Crippen LogP contribution in [0.5, 0.6) is 5.75 Å². The van der Waals surface area contributed by atoms with Crippen LogP contribution in [0.3, 0.4) is 0 Å². The van der Waals surface area contributed by atoms with Crippen molar-refractivity contribution in [3.05, 3.63) is 18.2 Å². The molecule has 2 aromatic rings. The minimum absolute atomic E-state index is 0.149. The van der Waals surface area contributed by atoms with Crippen LogP contribution in [0.2, 0.25) is 0 Å². The second-order valence-electron chi connectivity index (χ2n) is 7.48. The van der Waals surface area contributed by atoms with E-state index < -0.39 is 0 Å². The van der Waals surface area contributed by atoms with Crippen molar-refractivity contribution in [3.8, 4) is 5.75 Å². The Labute approximate surface area is 170 Å². The first-order valence-corrected chi connectivity index (χ1v) is 11.2. The van der Waals surface area contributed by atoms with Crippen molar-refractivity contribution in [2.24, 2.45) is 5.92 Å². The number of thiazole rings is 1. The maximum Gasteiger partial charge on any atom is 0.231 e. The zero-order chi connectivity index (χ0) is 19.3. The highest BCUT2D eigenvalue weighted by Gasteiger charge is 2.30. The molecule has 0 spiro atoms. The number of hydrogen-bond donors (Lipinski definition) is 0. The molecule has 28 heavy (non-hydrogen) atoms. The Hall–Kier alpha value is -1.70. The summed E-state index contributed by atoms with van der Waals surface area (Å²) in [6.07, 6.45) is 4.33. The summed E-state index contributed by atoms with van der Waals surface area (Å²) >= 11 is 1.59. The van der Waals surface area contributed by atoms with Gasteiger partial charge in [0.2, 0.25) is 5.91 Å². The van der Waals surface area contributed by atoms with Crippen LogP contribution in [-0.2, 0) is 9.53 Å². The molecule has 1 amide bonds. The molecular weight excluding hydrogens is 374 g/mol. The lowest BCUT2D eigenvalue weighted by atomic mass is 10.1. The van der Waals surface area contributed by atoms with Crippen LogP contribution in [0.4, 0.5) is 5.13 Å². The number of carbonyl (C=O) groups is 1. The summed E-state index contributed by atoms with van der Waals surface area (Å²) in [6, 6.07) is 5.97. The summed E-state index contributed by atoms with van der Waals surface area (Å²) in [6.45, 7) is 7.59. The number of amides is 1. The SMILES string of the molecule is CCOc1ccc2nc(N(CCN3CCOCC3)C(=O)C3CCCC3)sc2c1. The van der Waals surface area contributed by atoms with E-state index >= 15 is 0 Å². The molecule has 2 fully saturated rings. The van der Waals surface area contributed by atoms with Crippen LogP contribution in [0.15, 0.2) is 18.2 Å². The third-order valence-electron chi connectivity index (χ3n) is 5.60. The maximum atomic E-state index is 13.3. The first-order chi connectivity index (χ1) is 13.7. The molecule has 152 valence electrons. The molecule has 1 aromatic heterocycles. The molecule has 2 heterocycles. The zero-order valence-corrected chi connectivity index (χ0v) is 17.4. The van der Waals surface area contributed by atoms with Gasteiger partial charge in [0.1, 0.15) is 5.75 Å². The fourth-order valence-corrected chi connectivity index (χ4v) is 5.05. The van der Waals surface area contributed by atoms with Gasteiger partial charge < -0.3 is 9.47 Å². The summed E-state index contributed by atoms with van der Waals surface area (Å²) < 4.78 is 12.1. The van der Waals surface area contributed by atoms with E-state index in [0.29, 0.717) is 13.2 Å². The average Bonchev–Trinajstić information content (AvgIpc) is 3.39. The van der Waals surface area contributed by atoms with Crippen molar-refractivity contribution in [1.82, 2.24) is 9.88 Å². The largest absolute Gasteiger partial charge is 0.494 e. The Morgan fingerprint density at radius 3 is 2.86 bits per heavy atom. The normalized spacial score (nSPS) is 18.6. The van der Waals surface area contributed by atoms with Gasteiger partial charge in [0.25, 0.3) is 0 Å². The van der Waals surface area contributed by atoms with Crippen LogP contribution >= 0.6 is 11.3 Å². The van der Waals surface area contributed by atoms with Crippen molar-refractivity contribution >= 4 is 32.6 Å². The molecular formula is C21H29N3O3S. The Balaban J connectivity index is 1.56. The Morgan fingerprint density at radius 2 is 2.11 bits per heavy atom. The van der Waals surface area contributed by atoms with Crippen LogP contribution < -0.4 is 9.64 Å². The standard InChI is InChI=1S/C21H29N3O3S/c1-2-27-17-7-8-18-19(15-17)28-21(22-18)24(20(25)16-5-3-4-6-16)10-9-23-11-13-26-14-12-23/h7-8,15-16H,2-6,9-14H2,1H3. The van der Waals surface area contributed by atoms with Crippen LogP contribution in [0.1, 0.15) is 32.6 Å². The monoisotopic (exact) mass is 403 g/mol. The van der Waals surface area contributed by atoms with Gasteiger partial charge in [0.05, 0.1) is 30.0 Å². The van der Waals surface area contributed by atoms with E-state index in [-0.39, 0.29) is 11.8 Å². The van der Waals surface area contributed by atoms with Gasteiger partial charge in [0.15, 0.2) is 5.13 Å². The topological polar surface area (TPSA) is 54.9 Å². The highest BCUT2D eigenvalue weighted by atomic mass is 32.1. The highest BCUT2D eigenvalue weighted by Crippen LogP contribution is 2.34. The molecule has 0 radical (unpaired) electrons. The fraction of sp³-hybridized carbons (Fsp3) is 0.619. The molecule has 6 nitrogen and oxygen atoms in total. The molecule has 0 unspecified atom stereocenters. The number of morpholine rings is 1. The summed E-state index contributed by atoms with van der Waals surface area (Å²) in [7, 11) is 0. The predicted molar refractivity (Wildman–Crippen MR) is 112 cm³/mol. The predicted octanol–water partition coefficient (Wildman–Crippen LogP) is 3.55. The lowest BCUT2D eigenvalue weighted by molar-refractivity contribution is -0.122. The van der Waals surface area contributed by atoms with Crippen LogP contribution in [-0.4, -0.2) is 61.8 Å². The molecule has 1 aliphatic carbocycles. The molecule has 1 saturated carbocycles. The van der Waals surface area contributed by atoms with E-state index in [1.165, 1.54) is 0 Å². The van der Waals surface area contributed by atoms with Crippen LogP contribution in [0, 0.1) is 5.92 Å². The smallest absolute Gasteiger partial charge is 0.231 e. The summed E-state index contributed by atoms with van der Waals surface area (Å²) in [5.74, 6) is 1.25. The molecule has 0 N–H and O–H groups in total. The van der Waals surface area contributed by atoms with E-state index in [1.54, 1.807) is 11.3 Å². The number of anilines is 1. The fourth-order valence-electron chi connectivity index (χ4n) is 4.02. The van der Waals surface area contributed by atoms with Gasteiger partial charge in [-0.15, -0.1) is 0 Å². The molecule has 2 aliphatic rings. The van der Waals surface area contributed by atoms with Crippen molar-refractivity contribution in [1.29, 1.82) is 0 Å². The van der Waals surface area contributed by atoms with Crippen molar-refractivity contribution in [2.75, 3.05) is 50.9 Å². The summed E-state index contributed by atoms with van der Waals surface area (Å²) in [5, 5.41) is 0.814. The second kappa shape index (κ2) is 9.20. The highest BCUT2D eigenvalue weighted by molar-refractivity contribution is 7.22. The molecule has 0 bridgehead atoms. The first-order valence-electron chi connectivity index (χ1n) is 10.4. The first kappa shape index (κ1) is 19.6. The summed E-state index contributed by atoms with van der Waals surface area (Å²) in [4.78, 5) is 22.4. The lowest BCUT2D eigenvalue weighted by Gasteiger charge is -2.30. The minimum Gasteiger partial charge on any atom is -0.494 e. The van der Waals surface area contributed by atoms with Crippen molar-refractivity contribution < 1.29 is 14.3 Å². The molecule has 0 atom stereocenters. The van der Waals surface area contributed by atoms with E-state index in [1.807, 2.05) is 30.0 Å². The Bertz CT molecular complexity index is 797. The third-order valence-corrected chi connectivity index (χ3v) is 6.65. The molecule has 1 aromatic carbocycles. The van der Waals surface area contributed by atoms with Crippen molar-refractivity contribution in [3.63, 3.8) is 0 Å². The van der Waals surface area contributed by atoms with Gasteiger partial charge >= 0.3 is 0 Å². The van der Waals surface area contributed by atoms with Crippen LogP contribution in [0.25, 0.3) is 10.2 Å². The number of benzene rings is 1. The average molecular weight is 404 g/mol. The Morgan fingerprint density at radius 1 is 1.32 bits per heavy atom. The minimum atomic E-state index is 0.149. The van der Waals surface area contributed by atoms with Gasteiger partial charge in [-0.3, -0.25) is 14.6 Å². The number of ether oxygens (including phenoxy) is 2. The van der Waals surface area contributed by atoms with E-state index in [0.717, 1.165) is 79.6 Å². The molecule has 4 rings (SSSR count). The Kier molecular flexibility index (Phi) is 6.44. The van der Waals surface area contributed by atoms with Gasteiger partial charge in [-0.25, -0.2) is 4.98 Å². The number of fused-ring (bicyclic) bond motifs is 1. The maximum absolute atomic E-state index is 13.3. The molecule has 7 heteroatoms. The van der Waals surface area contributed by atoms with E-state index in [4.69, 9.17) is 14.5 Å². The van der Waals surface area contributed by atoms with Crippen molar-refractivity contribution in [2.45, 2.75) is 32.6 Å². The molecule has 1 saturated heterocycles. The summed E-state index contributed by atoms with van der Waals surface area (Å²) in [5.41, 5.74) is 0.930.